The van der Waals surface area contributed by atoms with Gasteiger partial charge in [0.2, 0.25) is 0 Å². The zero-order valence-corrected chi connectivity index (χ0v) is 21.6. The van der Waals surface area contributed by atoms with Gasteiger partial charge in [-0.2, -0.15) is 20.2 Å². The van der Waals surface area contributed by atoms with E-state index in [4.69, 9.17) is 13.1 Å². The van der Waals surface area contributed by atoms with Gasteiger partial charge >= 0.3 is 12.2 Å². The van der Waals surface area contributed by atoms with E-state index in [1.807, 2.05) is 0 Å². The molecular weight excluding hydrogens is 551 g/mol. The summed E-state index contributed by atoms with van der Waals surface area (Å²) in [5.74, 6) is -2.34. The lowest BCUT2D eigenvalue weighted by Gasteiger charge is -2.17. The van der Waals surface area contributed by atoms with Gasteiger partial charge in [0.25, 0.3) is 0 Å². The van der Waals surface area contributed by atoms with Crippen molar-refractivity contribution in [2.24, 2.45) is 0 Å². The number of nitriles is 2. The fourth-order valence-corrected chi connectivity index (χ4v) is 5.66. The molecule has 0 spiro atoms. The lowest BCUT2D eigenvalue weighted by atomic mass is 9.87. The van der Waals surface area contributed by atoms with E-state index in [0.717, 1.165) is 12.1 Å². The lowest BCUT2D eigenvalue weighted by molar-refractivity contribution is -0.290. The largest absolute Gasteiger partial charge is 0.573 e. The van der Waals surface area contributed by atoms with Crippen LogP contribution >= 0.6 is 0 Å². The number of alkyl halides is 3. The molecule has 2 aliphatic carbocycles. The monoisotopic (exact) mass is 566 g/mol. The first kappa shape index (κ1) is 27.8. The van der Waals surface area contributed by atoms with E-state index >= 15 is 0 Å². The number of allylic oxidation sites excluding steroid dienone is 2. The van der Waals surface area contributed by atoms with E-state index in [-0.39, 0.29) is 51.7 Å². The van der Waals surface area contributed by atoms with E-state index < -0.39 is 29.3 Å². The van der Waals surface area contributed by atoms with Gasteiger partial charge in [0.1, 0.15) is 48.2 Å². The van der Waals surface area contributed by atoms with Crippen LogP contribution in [0.25, 0.3) is 43.3 Å². The van der Waals surface area contributed by atoms with Crippen molar-refractivity contribution in [1.29, 1.82) is 10.5 Å². The minimum Gasteiger partial charge on any atom is -0.405 e. The van der Waals surface area contributed by atoms with E-state index in [1.54, 1.807) is 25.1 Å². The molecule has 3 aromatic carbocycles. The van der Waals surface area contributed by atoms with Crippen LogP contribution < -0.4 is 10.4 Å². The molecule has 0 N–H and O–H groups in total. The second kappa shape index (κ2) is 10.4. The molecule has 2 aliphatic rings. The second-order valence-electron chi connectivity index (χ2n) is 9.44. The molecule has 0 atom stereocenters. The maximum absolute atomic E-state index is 14.6. The fourth-order valence-electron chi connectivity index (χ4n) is 5.66. The summed E-state index contributed by atoms with van der Waals surface area (Å²) in [6, 6.07) is 13.8. The third-order valence-electron chi connectivity index (χ3n) is 7.19. The highest BCUT2D eigenvalue weighted by Gasteiger charge is 2.40. The average Bonchev–Trinajstić information content (AvgIpc) is 3.46. The first-order valence-electron chi connectivity index (χ1n) is 12.3. The standard InChI is InChI=1S/C32H15F5N4O/c1-16-22(31(40-2)41-3)12-24-26(16)27(17-6-4-8-20(33)10-17)25-13-23(19(14-38)15-39)30(42-32(35,36)37)29(25)28(24)18-7-5-9-21(34)11-18/h4-11H,12-13H2,1H3. The molecule has 0 fully saturated rings. The third-order valence-corrected chi connectivity index (χ3v) is 7.19. The van der Waals surface area contributed by atoms with Gasteiger partial charge in [0, 0.05) is 17.2 Å². The Morgan fingerprint density at radius 3 is 1.81 bits per heavy atom. The van der Waals surface area contributed by atoms with Crippen LogP contribution in [0.4, 0.5) is 22.0 Å². The predicted octanol–water partition coefficient (Wildman–Crippen LogP) is 6.62. The Kier molecular flexibility index (Phi) is 6.87. The van der Waals surface area contributed by atoms with Crippen molar-refractivity contribution in [2.75, 3.05) is 0 Å². The van der Waals surface area contributed by atoms with Gasteiger partial charge in [0.15, 0.2) is 0 Å². The van der Waals surface area contributed by atoms with E-state index in [9.17, 15) is 32.5 Å². The number of ether oxygens (including phenoxy) is 1. The molecule has 0 unspecified atom stereocenters. The van der Waals surface area contributed by atoms with Crippen molar-refractivity contribution in [3.8, 4) is 34.4 Å². The molecule has 5 nitrogen and oxygen atoms in total. The minimum atomic E-state index is -5.23. The van der Waals surface area contributed by atoms with Crippen LogP contribution in [0.5, 0.6) is 0 Å². The van der Waals surface area contributed by atoms with Gasteiger partial charge in [-0.05, 0) is 81.8 Å². The van der Waals surface area contributed by atoms with Gasteiger partial charge in [0.05, 0.1) is 5.57 Å². The van der Waals surface area contributed by atoms with Gasteiger partial charge in [-0.3, -0.25) is 0 Å². The molecule has 0 radical (unpaired) electrons. The Morgan fingerprint density at radius 2 is 1.33 bits per heavy atom. The van der Waals surface area contributed by atoms with Crippen LogP contribution in [-0.2, 0) is 17.6 Å². The highest BCUT2D eigenvalue weighted by molar-refractivity contribution is 5.91. The van der Waals surface area contributed by atoms with Crippen LogP contribution in [-0.4, -0.2) is 6.36 Å². The highest BCUT2D eigenvalue weighted by atomic mass is 19.4. The van der Waals surface area contributed by atoms with Crippen molar-refractivity contribution >= 4 is 11.3 Å². The Balaban J connectivity index is 2.14. The molecule has 0 saturated carbocycles. The molecule has 42 heavy (non-hydrogen) atoms. The predicted molar refractivity (Wildman–Crippen MR) is 142 cm³/mol. The molecule has 0 aliphatic heterocycles. The second-order valence-corrected chi connectivity index (χ2v) is 9.44. The number of rotatable bonds is 3. The summed E-state index contributed by atoms with van der Waals surface area (Å²) in [4.78, 5) is 6.66. The summed E-state index contributed by atoms with van der Waals surface area (Å²) in [6.45, 7) is 16.7. The van der Waals surface area contributed by atoms with Crippen LogP contribution in [0.2, 0.25) is 0 Å². The van der Waals surface area contributed by atoms with Crippen molar-refractivity contribution in [2.45, 2.75) is 26.1 Å². The van der Waals surface area contributed by atoms with E-state index in [2.05, 4.69) is 14.4 Å². The topological polar surface area (TPSA) is 65.5 Å². The van der Waals surface area contributed by atoms with Crippen LogP contribution in [0.1, 0.15) is 18.1 Å². The van der Waals surface area contributed by atoms with Gasteiger partial charge in [-0.25, -0.2) is 8.78 Å². The van der Waals surface area contributed by atoms with Crippen molar-refractivity contribution in [3.05, 3.63) is 127 Å². The molecule has 0 heterocycles. The average molecular weight is 566 g/mol. The molecule has 0 saturated heterocycles. The van der Waals surface area contributed by atoms with E-state index in [1.165, 1.54) is 30.3 Å². The van der Waals surface area contributed by atoms with Crippen molar-refractivity contribution in [1.82, 2.24) is 0 Å². The number of nitrogens with zero attached hydrogens (tertiary/aromatic N) is 4. The molecule has 0 bridgehead atoms. The molecule has 204 valence electrons. The van der Waals surface area contributed by atoms with Gasteiger partial charge in [-0.15, -0.1) is 13.2 Å². The maximum atomic E-state index is 14.6. The highest BCUT2D eigenvalue weighted by Crippen LogP contribution is 2.41. The third kappa shape index (κ3) is 4.56. The number of benzene rings is 3. The maximum Gasteiger partial charge on any atom is 0.573 e. The zero-order chi connectivity index (χ0) is 30.3. The lowest BCUT2D eigenvalue weighted by Crippen LogP contribution is -2.26. The van der Waals surface area contributed by atoms with Crippen LogP contribution in [0, 0.1) is 47.4 Å². The number of fused-ring (bicyclic) bond motifs is 2. The van der Waals surface area contributed by atoms with Crippen molar-refractivity contribution < 1.29 is 26.7 Å². The summed E-state index contributed by atoms with van der Waals surface area (Å²) in [6.07, 6.45) is -5.65. The Bertz CT molecular complexity index is 2050. The molecular formula is C32H15F5N4O. The Morgan fingerprint density at radius 1 is 0.833 bits per heavy atom. The summed E-state index contributed by atoms with van der Waals surface area (Å²) < 4.78 is 75.3. The Labute approximate surface area is 236 Å². The van der Waals surface area contributed by atoms with Crippen molar-refractivity contribution in [3.63, 3.8) is 0 Å². The fraction of sp³-hybridized carbons (Fsp3) is 0.125. The smallest absolute Gasteiger partial charge is 0.405 e. The summed E-state index contributed by atoms with van der Waals surface area (Å²) >= 11 is 0. The SMILES string of the molecule is [C-]#[N+]C([N+]#[C-])=C1Cc2c(-c3cccc(F)c3)c3c(c(-c4cccc(F)c4)c2=C1C)CC(=C(C#N)C#N)C=3OC(F)(F)F. The number of hydrogen-bond donors (Lipinski definition) is 0. The van der Waals surface area contributed by atoms with Gasteiger partial charge < -0.3 is 4.74 Å². The molecule has 5 rings (SSSR count). The van der Waals surface area contributed by atoms with Crippen LogP contribution in [0.15, 0.2) is 71.1 Å². The quantitative estimate of drug-likeness (QED) is 0.203. The molecule has 10 heteroatoms. The summed E-state index contributed by atoms with van der Waals surface area (Å²) in [7, 11) is 0. The molecule has 0 aromatic heterocycles. The Hall–Kier alpha value is -5.71. The normalized spacial score (nSPS) is 13.5. The molecule has 3 aromatic rings. The molecule has 0 amide bonds. The van der Waals surface area contributed by atoms with Crippen LogP contribution in [0.3, 0.4) is 0 Å². The number of halogens is 5. The van der Waals surface area contributed by atoms with Gasteiger partial charge in [-0.1, -0.05) is 24.3 Å². The minimum absolute atomic E-state index is 0.0651. The van der Waals surface area contributed by atoms with E-state index in [0.29, 0.717) is 27.5 Å². The summed E-state index contributed by atoms with van der Waals surface area (Å²) in [5.41, 5.74) is 1.34. The summed E-state index contributed by atoms with van der Waals surface area (Å²) in [5, 5.41) is 19.6. The zero-order valence-electron chi connectivity index (χ0n) is 21.6. The first-order valence-corrected chi connectivity index (χ1v) is 12.3. The first-order chi connectivity index (χ1) is 20.0. The number of hydrogen-bond acceptors (Lipinski definition) is 3.